The molecule has 0 bridgehead atoms. The standard InChI is InChI=1S/C20H16N4/c1-13-15-11-12-18-22-16-9-5-6-10-17(16)24(18)20(15)23-19(21-13)14-7-3-2-4-8-14/h2-10H,11-12H2,1H3. The van der Waals surface area contributed by atoms with Gasteiger partial charge in [0.2, 0.25) is 0 Å². The lowest BCUT2D eigenvalue weighted by atomic mass is 10.0. The van der Waals surface area contributed by atoms with Crippen molar-refractivity contribution >= 4 is 11.0 Å². The molecule has 116 valence electrons. The molecule has 2 aromatic carbocycles. The van der Waals surface area contributed by atoms with E-state index in [0.717, 1.165) is 52.6 Å². The number of fused-ring (bicyclic) bond motifs is 5. The average Bonchev–Trinajstić information content (AvgIpc) is 3.01. The summed E-state index contributed by atoms with van der Waals surface area (Å²) >= 11 is 0. The number of benzene rings is 2. The minimum absolute atomic E-state index is 0.775. The van der Waals surface area contributed by atoms with Crippen LogP contribution in [-0.2, 0) is 12.8 Å². The summed E-state index contributed by atoms with van der Waals surface area (Å²) in [5.41, 5.74) is 5.47. The van der Waals surface area contributed by atoms with E-state index < -0.39 is 0 Å². The van der Waals surface area contributed by atoms with Crippen molar-refractivity contribution in [1.82, 2.24) is 19.5 Å². The first-order valence-electron chi connectivity index (χ1n) is 8.21. The Balaban J connectivity index is 1.81. The third-order valence-corrected chi connectivity index (χ3v) is 4.66. The van der Waals surface area contributed by atoms with Crippen LogP contribution in [0.25, 0.3) is 28.2 Å². The predicted octanol–water partition coefficient (Wildman–Crippen LogP) is 3.89. The van der Waals surface area contributed by atoms with Gasteiger partial charge in [0.05, 0.1) is 11.0 Å². The van der Waals surface area contributed by atoms with Crippen molar-refractivity contribution in [3.8, 4) is 17.2 Å². The van der Waals surface area contributed by atoms with Gasteiger partial charge in [-0.05, 0) is 25.5 Å². The Bertz CT molecular complexity index is 1060. The Morgan fingerprint density at radius 3 is 2.50 bits per heavy atom. The highest BCUT2D eigenvalue weighted by Crippen LogP contribution is 2.31. The van der Waals surface area contributed by atoms with Crippen molar-refractivity contribution < 1.29 is 0 Å². The third-order valence-electron chi connectivity index (χ3n) is 4.66. The van der Waals surface area contributed by atoms with Crippen LogP contribution in [0.1, 0.15) is 17.1 Å². The van der Waals surface area contributed by atoms with Gasteiger partial charge in [0.15, 0.2) is 5.82 Å². The Labute approximate surface area is 139 Å². The van der Waals surface area contributed by atoms with Gasteiger partial charge >= 0.3 is 0 Å². The Morgan fingerprint density at radius 1 is 0.833 bits per heavy atom. The molecule has 0 saturated carbocycles. The van der Waals surface area contributed by atoms with Crippen LogP contribution in [-0.4, -0.2) is 19.5 Å². The highest BCUT2D eigenvalue weighted by molar-refractivity contribution is 5.79. The number of hydrogen-bond donors (Lipinski definition) is 0. The van der Waals surface area contributed by atoms with Crippen LogP contribution in [0.15, 0.2) is 54.6 Å². The van der Waals surface area contributed by atoms with E-state index in [-0.39, 0.29) is 0 Å². The predicted molar refractivity (Wildman–Crippen MR) is 94.2 cm³/mol. The third kappa shape index (κ3) is 1.89. The molecule has 0 amide bonds. The molecule has 0 aliphatic carbocycles. The maximum atomic E-state index is 4.92. The van der Waals surface area contributed by atoms with Gasteiger partial charge in [-0.1, -0.05) is 42.5 Å². The van der Waals surface area contributed by atoms with Gasteiger partial charge in [0.25, 0.3) is 0 Å². The Kier molecular flexibility index (Phi) is 2.80. The van der Waals surface area contributed by atoms with Gasteiger partial charge in [-0.2, -0.15) is 0 Å². The smallest absolute Gasteiger partial charge is 0.161 e. The summed E-state index contributed by atoms with van der Waals surface area (Å²) < 4.78 is 2.20. The summed E-state index contributed by atoms with van der Waals surface area (Å²) in [6, 6.07) is 18.4. The molecule has 0 saturated heterocycles. The molecular formula is C20H16N4. The van der Waals surface area contributed by atoms with Gasteiger partial charge in [-0.15, -0.1) is 0 Å². The van der Waals surface area contributed by atoms with Crippen LogP contribution in [0, 0.1) is 6.92 Å². The van der Waals surface area contributed by atoms with Gasteiger partial charge in [0.1, 0.15) is 11.6 Å². The molecule has 3 heterocycles. The summed E-state index contributed by atoms with van der Waals surface area (Å²) in [7, 11) is 0. The number of nitrogens with zero attached hydrogens (tertiary/aromatic N) is 4. The molecule has 0 atom stereocenters. The van der Waals surface area contributed by atoms with E-state index in [2.05, 4.69) is 41.8 Å². The van der Waals surface area contributed by atoms with Gasteiger partial charge in [-0.3, -0.25) is 4.57 Å². The summed E-state index contributed by atoms with van der Waals surface area (Å²) in [5, 5.41) is 0. The van der Waals surface area contributed by atoms with Crippen molar-refractivity contribution in [2.24, 2.45) is 0 Å². The molecule has 2 aromatic heterocycles. The summed E-state index contributed by atoms with van der Waals surface area (Å²) in [6.07, 6.45) is 1.87. The number of hydrogen-bond acceptors (Lipinski definition) is 3. The summed E-state index contributed by atoms with van der Waals surface area (Å²) in [4.78, 5) is 14.5. The molecule has 0 spiro atoms. The number of aryl methyl sites for hydroxylation is 2. The van der Waals surface area contributed by atoms with Crippen LogP contribution < -0.4 is 0 Å². The summed E-state index contributed by atoms with van der Waals surface area (Å²) in [6.45, 7) is 2.08. The van der Waals surface area contributed by atoms with Crippen molar-refractivity contribution in [3.63, 3.8) is 0 Å². The van der Waals surface area contributed by atoms with Crippen LogP contribution in [0.2, 0.25) is 0 Å². The largest absolute Gasteiger partial charge is 0.280 e. The molecule has 1 aliphatic heterocycles. The van der Waals surface area contributed by atoms with Crippen LogP contribution >= 0.6 is 0 Å². The fraction of sp³-hybridized carbons (Fsp3) is 0.150. The molecule has 4 aromatic rings. The monoisotopic (exact) mass is 312 g/mol. The molecule has 0 unspecified atom stereocenters. The lowest BCUT2D eigenvalue weighted by Gasteiger charge is -2.20. The van der Waals surface area contributed by atoms with Gasteiger partial charge in [-0.25, -0.2) is 15.0 Å². The van der Waals surface area contributed by atoms with E-state index in [0.29, 0.717) is 0 Å². The first kappa shape index (κ1) is 13.4. The topological polar surface area (TPSA) is 43.6 Å². The second-order valence-corrected chi connectivity index (χ2v) is 6.15. The van der Waals surface area contributed by atoms with Gasteiger partial charge in [0, 0.05) is 23.2 Å². The quantitative estimate of drug-likeness (QED) is 0.535. The molecule has 4 heteroatoms. The number of imidazole rings is 1. The molecule has 24 heavy (non-hydrogen) atoms. The first-order chi connectivity index (χ1) is 11.8. The lowest BCUT2D eigenvalue weighted by molar-refractivity contribution is 0.753. The fourth-order valence-corrected chi connectivity index (χ4v) is 3.49. The van der Waals surface area contributed by atoms with E-state index in [1.165, 1.54) is 5.56 Å². The molecule has 0 N–H and O–H groups in total. The average molecular weight is 312 g/mol. The van der Waals surface area contributed by atoms with Crippen LogP contribution in [0.5, 0.6) is 0 Å². The fourth-order valence-electron chi connectivity index (χ4n) is 3.49. The maximum Gasteiger partial charge on any atom is 0.161 e. The van der Waals surface area contributed by atoms with E-state index in [9.17, 15) is 0 Å². The number of para-hydroxylation sites is 2. The van der Waals surface area contributed by atoms with Crippen molar-refractivity contribution in [1.29, 1.82) is 0 Å². The second-order valence-electron chi connectivity index (χ2n) is 6.15. The zero-order chi connectivity index (χ0) is 16.1. The zero-order valence-electron chi connectivity index (χ0n) is 13.4. The number of rotatable bonds is 1. The molecular weight excluding hydrogens is 296 g/mol. The molecule has 1 aliphatic rings. The summed E-state index contributed by atoms with van der Waals surface area (Å²) in [5.74, 6) is 2.84. The van der Waals surface area contributed by atoms with E-state index >= 15 is 0 Å². The van der Waals surface area contributed by atoms with E-state index in [1.807, 2.05) is 24.3 Å². The van der Waals surface area contributed by atoms with Crippen molar-refractivity contribution in [2.45, 2.75) is 19.8 Å². The lowest BCUT2D eigenvalue weighted by Crippen LogP contribution is -2.17. The normalized spacial score (nSPS) is 12.9. The van der Waals surface area contributed by atoms with Crippen LogP contribution in [0.4, 0.5) is 0 Å². The SMILES string of the molecule is Cc1nc(-c2ccccc2)nc2c1CCc1nc3ccccc3n1-2. The first-order valence-corrected chi connectivity index (χ1v) is 8.21. The minimum atomic E-state index is 0.775. The Morgan fingerprint density at radius 2 is 1.62 bits per heavy atom. The van der Waals surface area contributed by atoms with Gasteiger partial charge < -0.3 is 0 Å². The Hall–Kier alpha value is -3.01. The van der Waals surface area contributed by atoms with Crippen LogP contribution in [0.3, 0.4) is 0 Å². The molecule has 0 fully saturated rings. The van der Waals surface area contributed by atoms with E-state index in [4.69, 9.17) is 15.0 Å². The minimum Gasteiger partial charge on any atom is -0.280 e. The highest BCUT2D eigenvalue weighted by Gasteiger charge is 2.24. The van der Waals surface area contributed by atoms with Crippen molar-refractivity contribution in [2.75, 3.05) is 0 Å². The molecule has 4 nitrogen and oxygen atoms in total. The van der Waals surface area contributed by atoms with Crippen molar-refractivity contribution in [3.05, 3.63) is 71.7 Å². The number of aromatic nitrogens is 4. The van der Waals surface area contributed by atoms with E-state index in [1.54, 1.807) is 0 Å². The second kappa shape index (κ2) is 4.99. The zero-order valence-corrected chi connectivity index (χ0v) is 13.4. The molecule has 0 radical (unpaired) electrons. The highest BCUT2D eigenvalue weighted by atomic mass is 15.2. The molecule has 5 rings (SSSR count). The maximum absolute atomic E-state index is 4.92.